The Kier molecular flexibility index (Phi) is 4.98. The van der Waals surface area contributed by atoms with Gasteiger partial charge in [-0.15, -0.1) is 0 Å². The highest BCUT2D eigenvalue weighted by Crippen LogP contribution is 2.31. The summed E-state index contributed by atoms with van der Waals surface area (Å²) in [5.74, 6) is -0.199. The lowest BCUT2D eigenvalue weighted by molar-refractivity contribution is -0.151. The van der Waals surface area contributed by atoms with Crippen molar-refractivity contribution in [2.45, 2.75) is 19.9 Å². The summed E-state index contributed by atoms with van der Waals surface area (Å²) in [7, 11) is 0. The van der Waals surface area contributed by atoms with Crippen LogP contribution in [0, 0.1) is 6.92 Å². The fourth-order valence-electron chi connectivity index (χ4n) is 2.42. The highest BCUT2D eigenvalue weighted by atomic mass is 16.5. The first kappa shape index (κ1) is 14.8. The fourth-order valence-corrected chi connectivity index (χ4v) is 2.42. The van der Waals surface area contributed by atoms with Crippen LogP contribution in [0.1, 0.15) is 24.1 Å². The SMILES string of the molecule is CCOC(=O)C(c1cc(C)ccc1O)N1CCOCC1. The highest BCUT2D eigenvalue weighted by molar-refractivity contribution is 5.78. The summed E-state index contributed by atoms with van der Waals surface area (Å²) in [6.45, 7) is 6.51. The predicted molar refractivity (Wildman–Crippen MR) is 74.6 cm³/mol. The van der Waals surface area contributed by atoms with Crippen molar-refractivity contribution in [3.8, 4) is 5.75 Å². The van der Waals surface area contributed by atoms with Crippen LogP contribution < -0.4 is 0 Å². The summed E-state index contributed by atoms with van der Waals surface area (Å²) in [5.41, 5.74) is 1.60. The van der Waals surface area contributed by atoms with Crippen LogP contribution in [-0.4, -0.2) is 48.9 Å². The maximum absolute atomic E-state index is 12.3. The Bertz CT molecular complexity index is 469. The minimum Gasteiger partial charge on any atom is -0.508 e. The van der Waals surface area contributed by atoms with Gasteiger partial charge in [0.2, 0.25) is 0 Å². The number of hydrogen-bond donors (Lipinski definition) is 1. The van der Waals surface area contributed by atoms with Gasteiger partial charge in [-0.25, -0.2) is 4.79 Å². The van der Waals surface area contributed by atoms with Crippen molar-refractivity contribution in [3.63, 3.8) is 0 Å². The maximum atomic E-state index is 12.3. The van der Waals surface area contributed by atoms with Crippen LogP contribution in [0.15, 0.2) is 18.2 Å². The van der Waals surface area contributed by atoms with Crippen molar-refractivity contribution in [2.24, 2.45) is 0 Å². The van der Waals surface area contributed by atoms with Gasteiger partial charge in [0.05, 0.1) is 19.8 Å². The summed E-state index contributed by atoms with van der Waals surface area (Å²) in [4.78, 5) is 14.3. The summed E-state index contributed by atoms with van der Waals surface area (Å²) >= 11 is 0. The molecule has 1 heterocycles. The van der Waals surface area contributed by atoms with Crippen LogP contribution in [0.3, 0.4) is 0 Å². The summed E-state index contributed by atoms with van der Waals surface area (Å²) < 4.78 is 10.5. The maximum Gasteiger partial charge on any atom is 0.328 e. The van der Waals surface area contributed by atoms with Gasteiger partial charge in [-0.2, -0.15) is 0 Å². The van der Waals surface area contributed by atoms with Crippen molar-refractivity contribution >= 4 is 5.97 Å². The summed E-state index contributed by atoms with van der Waals surface area (Å²) in [6, 6.07) is 4.71. The number of aryl methyl sites for hydroxylation is 1. The van der Waals surface area contributed by atoms with Gasteiger partial charge in [-0.05, 0) is 19.9 Å². The van der Waals surface area contributed by atoms with Gasteiger partial charge < -0.3 is 14.6 Å². The van der Waals surface area contributed by atoms with E-state index in [1.807, 2.05) is 24.0 Å². The van der Waals surface area contributed by atoms with Crippen LogP contribution in [0.2, 0.25) is 0 Å². The zero-order valence-corrected chi connectivity index (χ0v) is 12.0. The van der Waals surface area contributed by atoms with Crippen LogP contribution in [0.4, 0.5) is 0 Å². The van der Waals surface area contributed by atoms with E-state index < -0.39 is 6.04 Å². The molecule has 0 amide bonds. The number of morpholine rings is 1. The average Bonchev–Trinajstić information content (AvgIpc) is 2.44. The number of rotatable bonds is 4. The number of aromatic hydroxyl groups is 1. The smallest absolute Gasteiger partial charge is 0.328 e. The standard InChI is InChI=1S/C15H21NO4/c1-3-20-15(18)14(16-6-8-19-9-7-16)12-10-11(2)4-5-13(12)17/h4-5,10,14,17H,3,6-9H2,1-2H3. The third-order valence-corrected chi connectivity index (χ3v) is 3.40. The number of carbonyl (C=O) groups is 1. The van der Waals surface area contributed by atoms with E-state index in [-0.39, 0.29) is 11.7 Å². The van der Waals surface area contributed by atoms with E-state index in [9.17, 15) is 9.90 Å². The van der Waals surface area contributed by atoms with Crippen LogP contribution in [0.25, 0.3) is 0 Å². The Labute approximate surface area is 119 Å². The lowest BCUT2D eigenvalue weighted by Gasteiger charge is -2.33. The second kappa shape index (κ2) is 6.72. The second-order valence-corrected chi connectivity index (χ2v) is 4.87. The first-order valence-electron chi connectivity index (χ1n) is 6.91. The molecule has 5 heteroatoms. The van der Waals surface area contributed by atoms with Crippen molar-refractivity contribution in [1.82, 2.24) is 4.90 Å². The van der Waals surface area contributed by atoms with Gasteiger partial charge in [0.15, 0.2) is 0 Å². The molecule has 1 aliphatic rings. The molecule has 5 nitrogen and oxygen atoms in total. The molecule has 1 fully saturated rings. The van der Waals surface area contributed by atoms with Crippen LogP contribution >= 0.6 is 0 Å². The minimum atomic E-state index is -0.571. The topological polar surface area (TPSA) is 59.0 Å². The Morgan fingerprint density at radius 3 is 2.80 bits per heavy atom. The van der Waals surface area contributed by atoms with E-state index in [1.165, 1.54) is 0 Å². The number of phenolic OH excluding ortho intramolecular Hbond substituents is 1. The molecule has 0 bridgehead atoms. The summed E-state index contributed by atoms with van der Waals surface area (Å²) in [6.07, 6.45) is 0. The predicted octanol–water partition coefficient (Wildman–Crippen LogP) is 1.64. The molecular formula is C15H21NO4. The number of nitrogens with zero attached hydrogens (tertiary/aromatic N) is 1. The third-order valence-electron chi connectivity index (χ3n) is 3.40. The molecule has 20 heavy (non-hydrogen) atoms. The molecule has 0 aliphatic carbocycles. The van der Waals surface area contributed by atoms with Gasteiger partial charge in [0.25, 0.3) is 0 Å². The average molecular weight is 279 g/mol. The molecule has 1 aromatic rings. The summed E-state index contributed by atoms with van der Waals surface area (Å²) in [5, 5.41) is 10.1. The highest BCUT2D eigenvalue weighted by Gasteiger charge is 2.32. The quantitative estimate of drug-likeness (QED) is 0.849. The van der Waals surface area contributed by atoms with E-state index in [4.69, 9.17) is 9.47 Å². The molecule has 0 radical (unpaired) electrons. The van der Waals surface area contributed by atoms with E-state index in [2.05, 4.69) is 0 Å². The Morgan fingerprint density at radius 1 is 1.45 bits per heavy atom. The van der Waals surface area contributed by atoms with Crippen LogP contribution in [-0.2, 0) is 14.3 Å². The molecule has 1 aliphatic heterocycles. The Hall–Kier alpha value is -1.59. The van der Waals surface area contributed by atoms with Crippen molar-refractivity contribution in [1.29, 1.82) is 0 Å². The lowest BCUT2D eigenvalue weighted by Crippen LogP contribution is -2.42. The van der Waals surface area contributed by atoms with Crippen molar-refractivity contribution < 1.29 is 19.4 Å². The van der Waals surface area contributed by atoms with Gasteiger partial charge >= 0.3 is 5.97 Å². The zero-order chi connectivity index (χ0) is 14.5. The molecule has 0 spiro atoms. The lowest BCUT2D eigenvalue weighted by atomic mass is 10.0. The molecule has 0 saturated carbocycles. The Balaban J connectivity index is 2.34. The third kappa shape index (κ3) is 3.29. The van der Waals surface area contributed by atoms with Crippen molar-refractivity contribution in [3.05, 3.63) is 29.3 Å². The molecule has 1 unspecified atom stereocenters. The second-order valence-electron chi connectivity index (χ2n) is 4.87. The minimum absolute atomic E-state index is 0.125. The molecular weight excluding hydrogens is 258 g/mol. The zero-order valence-electron chi connectivity index (χ0n) is 12.0. The largest absolute Gasteiger partial charge is 0.508 e. The van der Waals surface area contributed by atoms with Crippen molar-refractivity contribution in [2.75, 3.05) is 32.9 Å². The molecule has 0 aromatic heterocycles. The number of phenols is 1. The van der Waals surface area contributed by atoms with Gasteiger partial charge in [0, 0.05) is 18.7 Å². The normalized spacial score (nSPS) is 17.7. The number of hydrogen-bond acceptors (Lipinski definition) is 5. The first-order chi connectivity index (χ1) is 9.63. The number of ether oxygens (including phenoxy) is 2. The van der Waals surface area contributed by atoms with E-state index >= 15 is 0 Å². The molecule has 1 aromatic carbocycles. The van der Waals surface area contributed by atoms with Gasteiger partial charge in [-0.3, -0.25) is 4.90 Å². The molecule has 1 N–H and O–H groups in total. The number of esters is 1. The van der Waals surface area contributed by atoms with E-state index in [0.29, 0.717) is 38.5 Å². The Morgan fingerprint density at radius 2 is 2.15 bits per heavy atom. The molecule has 1 atom stereocenters. The van der Waals surface area contributed by atoms with E-state index in [1.54, 1.807) is 13.0 Å². The monoisotopic (exact) mass is 279 g/mol. The van der Waals surface area contributed by atoms with E-state index in [0.717, 1.165) is 5.56 Å². The fraction of sp³-hybridized carbons (Fsp3) is 0.533. The first-order valence-corrected chi connectivity index (χ1v) is 6.91. The van der Waals surface area contributed by atoms with Gasteiger partial charge in [-0.1, -0.05) is 17.7 Å². The van der Waals surface area contributed by atoms with Gasteiger partial charge in [0.1, 0.15) is 11.8 Å². The molecule has 2 rings (SSSR count). The molecule has 1 saturated heterocycles. The van der Waals surface area contributed by atoms with Crippen LogP contribution in [0.5, 0.6) is 5.75 Å². The number of benzene rings is 1. The molecule has 110 valence electrons. The number of carbonyl (C=O) groups excluding carboxylic acids is 1.